The predicted molar refractivity (Wildman–Crippen MR) is 160 cm³/mol. The average Bonchev–Trinajstić information content (AvgIpc) is 3.37. The number of hydrogen-bond donors (Lipinski definition) is 1. The smallest absolute Gasteiger partial charge is 0.273 e. The number of aryl methyl sites for hydroxylation is 1. The van der Waals surface area contributed by atoms with Crippen LogP contribution in [-0.2, 0) is 56.6 Å². The summed E-state index contributed by atoms with van der Waals surface area (Å²) in [5, 5.41) is 0. The molecule has 2 aromatic carbocycles. The second-order valence-electron chi connectivity index (χ2n) is 11.5. The van der Waals surface area contributed by atoms with Crippen LogP contribution in [0, 0.1) is 0 Å². The summed E-state index contributed by atoms with van der Waals surface area (Å²) in [5.41, 5.74) is 8.85. The quantitative estimate of drug-likeness (QED) is 0.338. The fourth-order valence-corrected chi connectivity index (χ4v) is 8.43. The third kappa shape index (κ3) is 6.05. The molecule has 8 heteroatoms. The molecule has 0 spiro atoms. The van der Waals surface area contributed by atoms with Gasteiger partial charge < -0.3 is 9.47 Å². The van der Waals surface area contributed by atoms with Gasteiger partial charge in [-0.25, -0.2) is 13.1 Å². The Morgan fingerprint density at radius 3 is 2.40 bits per heavy atom. The summed E-state index contributed by atoms with van der Waals surface area (Å²) in [4.78, 5) is 14.4. The van der Waals surface area contributed by atoms with E-state index in [9.17, 15) is 13.2 Å². The lowest BCUT2D eigenvalue weighted by atomic mass is 9.83. The second-order valence-corrected chi connectivity index (χ2v) is 14.6. The number of benzene rings is 2. The minimum absolute atomic E-state index is 0.00933. The van der Waals surface area contributed by atoms with Crippen molar-refractivity contribution in [2.24, 2.45) is 0 Å². The zero-order valence-corrected chi connectivity index (χ0v) is 25.6. The van der Waals surface area contributed by atoms with Gasteiger partial charge in [0.2, 0.25) is 5.91 Å². The number of thiophene rings is 1. The molecule has 3 aromatic rings. The predicted octanol–water partition coefficient (Wildman–Crippen LogP) is 6.29. The van der Waals surface area contributed by atoms with Gasteiger partial charge in [-0.3, -0.25) is 4.79 Å². The standard InChI is InChI=1S/C32H39NO5S2/c1-19(2)27-14-23(22-7-6-21-10-11-38-18-25(21)12-22)15-28(20(3)4)29(27)17-31(34)33-40(35,36)32-16-24-13-26(37-5)8-9-30(24)39-32/h6-7,12,14-16,19-20,26H,8-11,13,17-18H2,1-5H3,(H,33,34). The van der Waals surface area contributed by atoms with Crippen molar-refractivity contribution in [2.45, 2.75) is 88.6 Å². The number of sulfonamides is 1. The monoisotopic (exact) mass is 581 g/mol. The average molecular weight is 582 g/mol. The Kier molecular flexibility index (Phi) is 8.53. The molecule has 1 aromatic heterocycles. The highest BCUT2D eigenvalue weighted by Gasteiger charge is 2.28. The Morgan fingerprint density at radius 2 is 1.73 bits per heavy atom. The van der Waals surface area contributed by atoms with Gasteiger partial charge in [-0.05, 0) is 94.2 Å². The Labute approximate surface area is 242 Å². The number of carbonyl (C=O) groups excluding carboxylic acids is 1. The van der Waals surface area contributed by atoms with Crippen LogP contribution in [0.1, 0.15) is 84.2 Å². The van der Waals surface area contributed by atoms with E-state index in [1.807, 2.05) is 0 Å². The van der Waals surface area contributed by atoms with Gasteiger partial charge in [0.15, 0.2) is 0 Å². The molecular weight excluding hydrogens is 542 g/mol. The summed E-state index contributed by atoms with van der Waals surface area (Å²) in [6, 6.07) is 12.6. The normalized spacial score (nSPS) is 17.1. The zero-order valence-electron chi connectivity index (χ0n) is 24.0. The van der Waals surface area contributed by atoms with Crippen LogP contribution < -0.4 is 4.72 Å². The van der Waals surface area contributed by atoms with Crippen molar-refractivity contribution in [1.82, 2.24) is 4.72 Å². The maximum atomic E-state index is 13.3. The van der Waals surface area contributed by atoms with Gasteiger partial charge in [-0.15, -0.1) is 11.3 Å². The first-order valence-electron chi connectivity index (χ1n) is 14.1. The number of carbonyl (C=O) groups is 1. The third-order valence-corrected chi connectivity index (χ3v) is 11.2. The summed E-state index contributed by atoms with van der Waals surface area (Å²) in [6.45, 7) is 9.86. The van der Waals surface area contributed by atoms with E-state index in [0.717, 1.165) is 64.1 Å². The summed E-state index contributed by atoms with van der Waals surface area (Å²) in [5.74, 6) is -0.185. The van der Waals surface area contributed by atoms with Crippen LogP contribution in [0.5, 0.6) is 0 Å². The van der Waals surface area contributed by atoms with Crippen LogP contribution in [0.3, 0.4) is 0 Å². The molecule has 1 unspecified atom stereocenters. The van der Waals surface area contributed by atoms with E-state index in [4.69, 9.17) is 9.47 Å². The molecule has 2 heterocycles. The van der Waals surface area contributed by atoms with Crippen LogP contribution in [0.4, 0.5) is 0 Å². The number of rotatable bonds is 8. The summed E-state index contributed by atoms with van der Waals surface area (Å²) in [7, 11) is -2.27. The van der Waals surface area contributed by atoms with Gasteiger partial charge in [0, 0.05) is 12.0 Å². The molecule has 5 rings (SSSR count). The summed E-state index contributed by atoms with van der Waals surface area (Å²) in [6.07, 6.45) is 3.42. The minimum Gasteiger partial charge on any atom is -0.381 e. The molecule has 1 aliphatic carbocycles. The molecule has 0 fully saturated rings. The number of fused-ring (bicyclic) bond motifs is 2. The molecule has 214 valence electrons. The van der Waals surface area contributed by atoms with Crippen LogP contribution in [0.25, 0.3) is 11.1 Å². The number of nitrogens with one attached hydrogen (secondary N) is 1. The molecule has 1 amide bonds. The van der Waals surface area contributed by atoms with Crippen molar-refractivity contribution in [2.75, 3.05) is 13.7 Å². The first-order chi connectivity index (χ1) is 19.1. The van der Waals surface area contributed by atoms with Gasteiger partial charge in [0.1, 0.15) is 4.21 Å². The van der Waals surface area contributed by atoms with Crippen LogP contribution >= 0.6 is 11.3 Å². The summed E-state index contributed by atoms with van der Waals surface area (Å²) < 4.78 is 40.2. The lowest BCUT2D eigenvalue weighted by Gasteiger charge is -2.23. The molecule has 1 atom stereocenters. The highest BCUT2D eigenvalue weighted by Crippen LogP contribution is 2.36. The third-order valence-electron chi connectivity index (χ3n) is 8.07. The molecule has 1 aliphatic heterocycles. The van der Waals surface area contributed by atoms with E-state index < -0.39 is 15.9 Å². The van der Waals surface area contributed by atoms with E-state index in [1.54, 1.807) is 13.2 Å². The largest absolute Gasteiger partial charge is 0.381 e. The van der Waals surface area contributed by atoms with Crippen LogP contribution in [-0.4, -0.2) is 34.1 Å². The topological polar surface area (TPSA) is 81.7 Å². The molecule has 0 saturated heterocycles. The van der Waals surface area contributed by atoms with E-state index in [0.29, 0.717) is 13.0 Å². The molecule has 2 aliphatic rings. The second kappa shape index (κ2) is 11.8. The Hall–Kier alpha value is -2.52. The van der Waals surface area contributed by atoms with Crippen LogP contribution in [0.2, 0.25) is 0 Å². The molecule has 6 nitrogen and oxygen atoms in total. The van der Waals surface area contributed by atoms with Gasteiger partial charge in [0.25, 0.3) is 10.0 Å². The lowest BCUT2D eigenvalue weighted by Crippen LogP contribution is -2.32. The van der Waals surface area contributed by atoms with E-state index in [-0.39, 0.29) is 28.6 Å². The Bertz CT molecular complexity index is 1490. The number of amides is 1. The van der Waals surface area contributed by atoms with Crippen molar-refractivity contribution in [3.63, 3.8) is 0 Å². The van der Waals surface area contributed by atoms with Crippen molar-refractivity contribution in [3.05, 3.63) is 74.7 Å². The van der Waals surface area contributed by atoms with Crippen molar-refractivity contribution in [3.8, 4) is 11.1 Å². The first kappa shape index (κ1) is 29.0. The van der Waals surface area contributed by atoms with Gasteiger partial charge in [-0.2, -0.15) is 0 Å². The molecule has 0 saturated carbocycles. The van der Waals surface area contributed by atoms with E-state index in [2.05, 4.69) is 62.7 Å². The maximum absolute atomic E-state index is 13.3. The van der Waals surface area contributed by atoms with Crippen LogP contribution in [0.15, 0.2) is 40.6 Å². The highest BCUT2D eigenvalue weighted by molar-refractivity contribution is 7.92. The zero-order chi connectivity index (χ0) is 28.6. The highest BCUT2D eigenvalue weighted by atomic mass is 32.2. The fraction of sp³-hybridized carbons (Fsp3) is 0.469. The Morgan fingerprint density at radius 1 is 1.00 bits per heavy atom. The van der Waals surface area contributed by atoms with Crippen molar-refractivity contribution < 1.29 is 22.7 Å². The van der Waals surface area contributed by atoms with Gasteiger partial charge in [-0.1, -0.05) is 52.0 Å². The van der Waals surface area contributed by atoms with Crippen molar-refractivity contribution in [1.29, 1.82) is 0 Å². The lowest BCUT2D eigenvalue weighted by molar-refractivity contribution is -0.118. The van der Waals surface area contributed by atoms with E-state index in [1.165, 1.54) is 22.5 Å². The maximum Gasteiger partial charge on any atom is 0.273 e. The minimum atomic E-state index is -3.96. The molecule has 0 bridgehead atoms. The molecule has 40 heavy (non-hydrogen) atoms. The Balaban J connectivity index is 1.42. The van der Waals surface area contributed by atoms with E-state index >= 15 is 0 Å². The van der Waals surface area contributed by atoms with Crippen molar-refractivity contribution >= 4 is 27.3 Å². The summed E-state index contributed by atoms with van der Waals surface area (Å²) >= 11 is 1.26. The SMILES string of the molecule is COC1CCc2sc(S(=O)(=O)NC(=O)Cc3c(C(C)C)cc(-c4ccc5c(c4)COCC5)cc3C(C)C)cc2C1. The van der Waals surface area contributed by atoms with Gasteiger partial charge in [0.05, 0.1) is 25.7 Å². The molecule has 0 radical (unpaired) electrons. The molecule has 1 N–H and O–H groups in total. The fourth-order valence-electron chi connectivity index (χ4n) is 5.86. The molecular formula is C32H39NO5S2. The first-order valence-corrected chi connectivity index (χ1v) is 16.4. The number of hydrogen-bond acceptors (Lipinski definition) is 6. The van der Waals surface area contributed by atoms with Gasteiger partial charge >= 0.3 is 0 Å². The number of methoxy groups -OCH3 is 1. The number of ether oxygens (including phenoxy) is 2.